The lowest BCUT2D eigenvalue weighted by atomic mass is 9.74. The van der Waals surface area contributed by atoms with Gasteiger partial charge in [-0.3, -0.25) is 9.78 Å². The standard InChI is InChI=1S/C19H23NO/c1-13(2)14-8-10-16(11-9-14)19(21)17-7-3-5-15-6-4-12-20-18(15)17/h3-7,12-14,16H,8-11H2,1-2H3. The topological polar surface area (TPSA) is 30.0 Å². The Bertz CT molecular complexity index is 634. The van der Waals surface area contributed by atoms with Gasteiger partial charge >= 0.3 is 0 Å². The van der Waals surface area contributed by atoms with E-state index in [1.807, 2.05) is 30.3 Å². The van der Waals surface area contributed by atoms with Crippen molar-refractivity contribution in [3.8, 4) is 0 Å². The SMILES string of the molecule is CC(C)C1CCC(C(=O)c2cccc3cccnc23)CC1. The van der Waals surface area contributed by atoms with Gasteiger partial charge in [-0.15, -0.1) is 0 Å². The largest absolute Gasteiger partial charge is 0.294 e. The van der Waals surface area contributed by atoms with Crippen molar-refractivity contribution in [3.05, 3.63) is 42.1 Å². The van der Waals surface area contributed by atoms with Crippen LogP contribution in [-0.2, 0) is 0 Å². The minimum absolute atomic E-state index is 0.188. The molecule has 1 heterocycles. The maximum absolute atomic E-state index is 12.9. The summed E-state index contributed by atoms with van der Waals surface area (Å²) in [6.45, 7) is 4.59. The van der Waals surface area contributed by atoms with E-state index in [1.165, 1.54) is 12.8 Å². The maximum Gasteiger partial charge on any atom is 0.168 e. The van der Waals surface area contributed by atoms with Gasteiger partial charge in [0, 0.05) is 23.1 Å². The summed E-state index contributed by atoms with van der Waals surface area (Å²) in [6.07, 6.45) is 6.21. The van der Waals surface area contributed by atoms with Crippen molar-refractivity contribution in [2.24, 2.45) is 17.8 Å². The van der Waals surface area contributed by atoms with Crippen molar-refractivity contribution in [2.45, 2.75) is 39.5 Å². The first-order valence-electron chi connectivity index (χ1n) is 8.04. The van der Waals surface area contributed by atoms with Crippen LogP contribution in [0.15, 0.2) is 36.5 Å². The van der Waals surface area contributed by atoms with Crippen molar-refractivity contribution in [1.82, 2.24) is 4.98 Å². The summed E-state index contributed by atoms with van der Waals surface area (Å²) in [5.74, 6) is 2.01. The van der Waals surface area contributed by atoms with E-state index in [9.17, 15) is 4.79 Å². The third-order valence-electron chi connectivity index (χ3n) is 4.98. The zero-order valence-corrected chi connectivity index (χ0v) is 12.9. The Labute approximate surface area is 126 Å². The van der Waals surface area contributed by atoms with E-state index >= 15 is 0 Å². The van der Waals surface area contributed by atoms with Crippen molar-refractivity contribution in [2.75, 3.05) is 0 Å². The summed E-state index contributed by atoms with van der Waals surface area (Å²) in [4.78, 5) is 17.3. The molecule has 110 valence electrons. The molecule has 0 unspecified atom stereocenters. The molecule has 1 fully saturated rings. The van der Waals surface area contributed by atoms with Crippen LogP contribution in [0.5, 0.6) is 0 Å². The van der Waals surface area contributed by atoms with Gasteiger partial charge in [0.25, 0.3) is 0 Å². The molecule has 1 aliphatic rings. The fourth-order valence-corrected chi connectivity index (χ4v) is 3.57. The Morgan fingerprint density at radius 2 is 1.81 bits per heavy atom. The van der Waals surface area contributed by atoms with Gasteiger partial charge in [-0.1, -0.05) is 32.0 Å². The lowest BCUT2D eigenvalue weighted by Crippen LogP contribution is -2.24. The number of hydrogen-bond donors (Lipinski definition) is 0. The number of ketones is 1. The first kappa shape index (κ1) is 14.2. The number of pyridine rings is 1. The molecule has 0 bridgehead atoms. The molecule has 0 saturated heterocycles. The molecule has 1 aliphatic carbocycles. The zero-order valence-electron chi connectivity index (χ0n) is 12.9. The lowest BCUT2D eigenvalue weighted by Gasteiger charge is -2.30. The molecular weight excluding hydrogens is 258 g/mol. The second kappa shape index (κ2) is 5.97. The number of benzene rings is 1. The Morgan fingerprint density at radius 3 is 2.52 bits per heavy atom. The summed E-state index contributed by atoms with van der Waals surface area (Å²) >= 11 is 0. The number of fused-ring (bicyclic) bond motifs is 1. The van der Waals surface area contributed by atoms with Gasteiger partial charge in [-0.2, -0.15) is 0 Å². The van der Waals surface area contributed by atoms with Gasteiger partial charge in [-0.25, -0.2) is 0 Å². The van der Waals surface area contributed by atoms with Crippen LogP contribution < -0.4 is 0 Å². The normalized spacial score (nSPS) is 22.6. The predicted molar refractivity (Wildman–Crippen MR) is 86.4 cm³/mol. The average molecular weight is 281 g/mol. The van der Waals surface area contributed by atoms with Gasteiger partial charge in [0.05, 0.1) is 5.52 Å². The number of rotatable bonds is 3. The minimum Gasteiger partial charge on any atom is -0.294 e. The van der Waals surface area contributed by atoms with Crippen molar-refractivity contribution >= 4 is 16.7 Å². The Balaban J connectivity index is 1.82. The molecule has 0 amide bonds. The average Bonchev–Trinajstić information content (AvgIpc) is 2.53. The first-order chi connectivity index (χ1) is 10.2. The zero-order chi connectivity index (χ0) is 14.8. The number of carbonyl (C=O) groups excluding carboxylic acids is 1. The van der Waals surface area contributed by atoms with Gasteiger partial charge in [0.2, 0.25) is 0 Å². The highest BCUT2D eigenvalue weighted by Crippen LogP contribution is 2.35. The van der Waals surface area contributed by atoms with E-state index < -0.39 is 0 Å². The molecule has 0 N–H and O–H groups in total. The molecule has 0 radical (unpaired) electrons. The molecule has 21 heavy (non-hydrogen) atoms. The summed E-state index contributed by atoms with van der Waals surface area (Å²) in [7, 11) is 0. The van der Waals surface area contributed by atoms with E-state index in [2.05, 4.69) is 18.8 Å². The number of carbonyl (C=O) groups is 1. The number of para-hydroxylation sites is 1. The quantitative estimate of drug-likeness (QED) is 0.750. The van der Waals surface area contributed by atoms with E-state index in [0.717, 1.165) is 41.1 Å². The number of hydrogen-bond acceptors (Lipinski definition) is 2. The van der Waals surface area contributed by atoms with Crippen molar-refractivity contribution in [3.63, 3.8) is 0 Å². The first-order valence-corrected chi connectivity index (χ1v) is 8.04. The van der Waals surface area contributed by atoms with Crippen LogP contribution >= 0.6 is 0 Å². The van der Waals surface area contributed by atoms with E-state index in [-0.39, 0.29) is 5.92 Å². The molecule has 1 saturated carbocycles. The highest BCUT2D eigenvalue weighted by Gasteiger charge is 2.29. The van der Waals surface area contributed by atoms with Crippen molar-refractivity contribution < 1.29 is 4.79 Å². The van der Waals surface area contributed by atoms with Gasteiger partial charge < -0.3 is 0 Å². The molecule has 1 aromatic carbocycles. The highest BCUT2D eigenvalue weighted by molar-refractivity contribution is 6.07. The predicted octanol–water partition coefficient (Wildman–Crippen LogP) is 4.88. The molecular formula is C19H23NO. The number of aromatic nitrogens is 1. The summed E-state index contributed by atoms with van der Waals surface area (Å²) < 4.78 is 0. The molecule has 0 spiro atoms. The monoisotopic (exact) mass is 281 g/mol. The summed E-state index contributed by atoms with van der Waals surface area (Å²) in [5.41, 5.74) is 1.66. The number of Topliss-reactive ketones (excluding diaryl/α,β-unsaturated/α-hetero) is 1. The van der Waals surface area contributed by atoms with Gasteiger partial charge in [0.15, 0.2) is 5.78 Å². The fraction of sp³-hybridized carbons (Fsp3) is 0.474. The fourth-order valence-electron chi connectivity index (χ4n) is 3.57. The van der Waals surface area contributed by atoms with Crippen LogP contribution in [0.2, 0.25) is 0 Å². The second-order valence-corrected chi connectivity index (χ2v) is 6.60. The van der Waals surface area contributed by atoms with Crippen LogP contribution in [0, 0.1) is 17.8 Å². The van der Waals surface area contributed by atoms with Crippen LogP contribution in [0.1, 0.15) is 49.9 Å². The third kappa shape index (κ3) is 2.85. The van der Waals surface area contributed by atoms with Crippen molar-refractivity contribution in [1.29, 1.82) is 0 Å². The summed E-state index contributed by atoms with van der Waals surface area (Å²) in [5, 5.41) is 1.05. The molecule has 3 rings (SSSR count). The highest BCUT2D eigenvalue weighted by atomic mass is 16.1. The van der Waals surface area contributed by atoms with E-state index in [4.69, 9.17) is 0 Å². The molecule has 0 atom stereocenters. The molecule has 0 aliphatic heterocycles. The smallest absolute Gasteiger partial charge is 0.168 e. The summed E-state index contributed by atoms with van der Waals surface area (Å²) in [6, 6.07) is 9.87. The lowest BCUT2D eigenvalue weighted by molar-refractivity contribution is 0.0860. The van der Waals surface area contributed by atoms with Crippen LogP contribution in [0.25, 0.3) is 10.9 Å². The van der Waals surface area contributed by atoms with Crippen LogP contribution in [0.3, 0.4) is 0 Å². The molecule has 2 aromatic rings. The van der Waals surface area contributed by atoms with E-state index in [1.54, 1.807) is 6.20 Å². The molecule has 2 heteroatoms. The van der Waals surface area contributed by atoms with Crippen LogP contribution in [0.4, 0.5) is 0 Å². The second-order valence-electron chi connectivity index (χ2n) is 6.60. The Hall–Kier alpha value is -1.70. The van der Waals surface area contributed by atoms with E-state index in [0.29, 0.717) is 5.78 Å². The third-order valence-corrected chi connectivity index (χ3v) is 4.98. The molecule has 2 nitrogen and oxygen atoms in total. The van der Waals surface area contributed by atoms with Crippen LogP contribution in [-0.4, -0.2) is 10.8 Å². The Kier molecular flexibility index (Phi) is 4.05. The van der Waals surface area contributed by atoms with Gasteiger partial charge in [0.1, 0.15) is 0 Å². The number of nitrogens with zero attached hydrogens (tertiary/aromatic N) is 1. The van der Waals surface area contributed by atoms with Gasteiger partial charge in [-0.05, 0) is 49.7 Å². The minimum atomic E-state index is 0.188. The maximum atomic E-state index is 12.9. The Morgan fingerprint density at radius 1 is 1.10 bits per heavy atom. The molecule has 1 aromatic heterocycles.